The Kier molecular flexibility index (Phi) is 11.5. The molecule has 1 fully saturated rings. The second-order valence-corrected chi connectivity index (χ2v) is 14.0. The lowest BCUT2D eigenvalue weighted by molar-refractivity contribution is -0.384. The molecular weight excluding hydrogens is 652 g/mol. The Hall–Kier alpha value is -4.74. The summed E-state index contributed by atoms with van der Waals surface area (Å²) < 4.78 is 29.1. The first-order valence-electron chi connectivity index (χ1n) is 15.8. The summed E-state index contributed by atoms with van der Waals surface area (Å²) in [6.07, 6.45) is 4.96. The van der Waals surface area contributed by atoms with Gasteiger partial charge in [0.1, 0.15) is 12.6 Å². The van der Waals surface area contributed by atoms with E-state index in [1.807, 2.05) is 30.3 Å². The van der Waals surface area contributed by atoms with Crippen LogP contribution in [-0.4, -0.2) is 48.7 Å². The first kappa shape index (κ1) is 34.6. The molecule has 0 bridgehead atoms. The highest BCUT2D eigenvalue weighted by Gasteiger charge is 2.35. The highest BCUT2D eigenvalue weighted by atomic mass is 35.5. The molecule has 5 rings (SSSR count). The Bertz CT molecular complexity index is 1820. The third-order valence-electron chi connectivity index (χ3n) is 8.48. The van der Waals surface area contributed by atoms with Crippen LogP contribution in [0.4, 0.5) is 11.4 Å². The molecule has 0 heterocycles. The molecule has 2 amide bonds. The number of non-ortho nitro benzene ring substituents is 1. The van der Waals surface area contributed by atoms with Gasteiger partial charge in [-0.15, -0.1) is 0 Å². The zero-order valence-corrected chi connectivity index (χ0v) is 27.9. The number of benzene rings is 4. The molecule has 10 nitrogen and oxygen atoms in total. The number of amides is 2. The van der Waals surface area contributed by atoms with Crippen molar-refractivity contribution in [3.63, 3.8) is 0 Å². The number of halogens is 1. The summed E-state index contributed by atoms with van der Waals surface area (Å²) in [5.74, 6) is -0.980. The molecular formula is C36H37ClN4O6S. The summed E-state index contributed by atoms with van der Waals surface area (Å²) >= 11 is 6.57. The molecule has 0 aliphatic heterocycles. The largest absolute Gasteiger partial charge is 0.352 e. The summed E-state index contributed by atoms with van der Waals surface area (Å²) in [4.78, 5) is 40.9. The second-order valence-electron chi connectivity index (χ2n) is 11.8. The standard InChI is InChI=1S/C36H37ClN4O6S/c37-33-19-11-10-14-28(33)25-39(34(24-27-12-4-1-5-13-27)36(43)38-29-15-6-2-7-16-29)35(42)26-40(30-20-22-31(23-21-30)41(44)45)48(46,47)32-17-8-3-9-18-32/h1,3-5,8-14,17-23,29,34H,2,6-7,15-16,24-26H2,(H,38,43)/t34-/m1/s1. The van der Waals surface area contributed by atoms with Gasteiger partial charge in [0.05, 0.1) is 15.5 Å². The Morgan fingerprint density at radius 1 is 0.854 bits per heavy atom. The van der Waals surface area contributed by atoms with E-state index in [0.717, 1.165) is 42.0 Å². The normalized spacial score (nSPS) is 14.1. The molecule has 1 N–H and O–H groups in total. The topological polar surface area (TPSA) is 130 Å². The molecule has 4 aromatic rings. The number of nitrogens with one attached hydrogen (secondary N) is 1. The highest BCUT2D eigenvalue weighted by Crippen LogP contribution is 2.28. The van der Waals surface area contributed by atoms with Crippen LogP contribution in [0.1, 0.15) is 43.2 Å². The lowest BCUT2D eigenvalue weighted by Crippen LogP contribution is -2.55. The van der Waals surface area contributed by atoms with Gasteiger partial charge in [-0.2, -0.15) is 0 Å². The maximum atomic E-state index is 14.6. The smallest absolute Gasteiger partial charge is 0.269 e. The number of nitro groups is 1. The molecule has 0 unspecified atom stereocenters. The number of carbonyl (C=O) groups excluding carboxylic acids is 2. The van der Waals surface area contributed by atoms with Gasteiger partial charge < -0.3 is 10.2 Å². The quantitative estimate of drug-likeness (QED) is 0.126. The Labute approximate surface area is 285 Å². The third-order valence-corrected chi connectivity index (χ3v) is 10.6. The monoisotopic (exact) mass is 688 g/mol. The van der Waals surface area contributed by atoms with Gasteiger partial charge in [0, 0.05) is 36.2 Å². The van der Waals surface area contributed by atoms with Crippen molar-refractivity contribution in [1.82, 2.24) is 10.2 Å². The molecule has 48 heavy (non-hydrogen) atoms. The molecule has 1 saturated carbocycles. The van der Waals surface area contributed by atoms with Crippen LogP contribution in [0.15, 0.2) is 114 Å². The lowest BCUT2D eigenvalue weighted by Gasteiger charge is -2.35. The molecule has 0 aromatic heterocycles. The maximum Gasteiger partial charge on any atom is 0.269 e. The van der Waals surface area contributed by atoms with Crippen LogP contribution in [0, 0.1) is 10.1 Å². The average Bonchev–Trinajstić information content (AvgIpc) is 3.10. The fourth-order valence-corrected chi connectivity index (χ4v) is 7.53. The summed E-state index contributed by atoms with van der Waals surface area (Å²) in [7, 11) is -4.33. The molecule has 1 atom stereocenters. The van der Waals surface area contributed by atoms with Crippen LogP contribution >= 0.6 is 11.6 Å². The van der Waals surface area contributed by atoms with E-state index in [0.29, 0.717) is 10.6 Å². The van der Waals surface area contributed by atoms with E-state index in [9.17, 15) is 28.1 Å². The zero-order chi connectivity index (χ0) is 34.1. The number of nitro benzene ring substituents is 1. The minimum atomic E-state index is -4.33. The van der Waals surface area contributed by atoms with Crippen molar-refractivity contribution in [3.05, 3.63) is 135 Å². The fourth-order valence-electron chi connectivity index (χ4n) is 5.90. The van der Waals surface area contributed by atoms with Crippen LogP contribution in [-0.2, 0) is 32.6 Å². The van der Waals surface area contributed by atoms with Crippen LogP contribution in [0.3, 0.4) is 0 Å². The fraction of sp³-hybridized carbons (Fsp3) is 0.278. The van der Waals surface area contributed by atoms with Gasteiger partial charge in [-0.25, -0.2) is 8.42 Å². The van der Waals surface area contributed by atoms with Crippen LogP contribution in [0.2, 0.25) is 5.02 Å². The number of nitrogens with zero attached hydrogens (tertiary/aromatic N) is 3. The summed E-state index contributed by atoms with van der Waals surface area (Å²) in [5.41, 5.74) is 1.23. The van der Waals surface area contributed by atoms with E-state index in [1.165, 1.54) is 41.3 Å². The Balaban J connectivity index is 1.57. The maximum absolute atomic E-state index is 14.6. The first-order chi connectivity index (χ1) is 23.1. The number of hydrogen-bond donors (Lipinski definition) is 1. The lowest BCUT2D eigenvalue weighted by atomic mass is 9.94. The van der Waals surface area contributed by atoms with E-state index in [1.54, 1.807) is 42.5 Å². The van der Waals surface area contributed by atoms with E-state index in [-0.39, 0.29) is 41.2 Å². The molecule has 1 aliphatic carbocycles. The first-order valence-corrected chi connectivity index (χ1v) is 17.6. The predicted octanol–water partition coefficient (Wildman–Crippen LogP) is 6.53. The molecule has 0 saturated heterocycles. The van der Waals surface area contributed by atoms with Gasteiger partial charge in [-0.05, 0) is 54.3 Å². The number of anilines is 1. The third kappa shape index (κ3) is 8.59. The van der Waals surface area contributed by atoms with Crippen molar-refractivity contribution >= 4 is 44.8 Å². The average molecular weight is 689 g/mol. The molecule has 250 valence electrons. The van der Waals surface area contributed by atoms with Crippen molar-refractivity contribution in [2.75, 3.05) is 10.8 Å². The van der Waals surface area contributed by atoms with E-state index in [4.69, 9.17) is 11.6 Å². The zero-order valence-electron chi connectivity index (χ0n) is 26.3. The van der Waals surface area contributed by atoms with Gasteiger partial charge in [-0.1, -0.05) is 97.6 Å². The molecule has 4 aromatic carbocycles. The van der Waals surface area contributed by atoms with E-state index >= 15 is 0 Å². The Morgan fingerprint density at radius 2 is 1.46 bits per heavy atom. The van der Waals surface area contributed by atoms with Gasteiger partial charge >= 0.3 is 0 Å². The summed E-state index contributed by atoms with van der Waals surface area (Å²) in [5, 5.41) is 14.9. The summed E-state index contributed by atoms with van der Waals surface area (Å²) in [6, 6.07) is 27.9. The van der Waals surface area contributed by atoms with Crippen molar-refractivity contribution in [1.29, 1.82) is 0 Å². The molecule has 12 heteroatoms. The van der Waals surface area contributed by atoms with E-state index < -0.39 is 33.4 Å². The highest BCUT2D eigenvalue weighted by molar-refractivity contribution is 7.92. The van der Waals surface area contributed by atoms with E-state index in [2.05, 4.69) is 5.32 Å². The molecule has 1 aliphatic rings. The van der Waals surface area contributed by atoms with Gasteiger partial charge in [0.2, 0.25) is 11.8 Å². The number of sulfonamides is 1. The van der Waals surface area contributed by atoms with Crippen molar-refractivity contribution in [2.45, 2.75) is 62.0 Å². The molecule has 0 radical (unpaired) electrons. The summed E-state index contributed by atoms with van der Waals surface area (Å²) in [6.45, 7) is -0.741. The SMILES string of the molecule is O=C(NC1CCCCC1)[C@@H](Cc1ccccc1)N(Cc1ccccc1Cl)C(=O)CN(c1ccc([N+](=O)[O-])cc1)S(=O)(=O)c1ccccc1. The van der Waals surface area contributed by atoms with Crippen molar-refractivity contribution in [2.24, 2.45) is 0 Å². The number of rotatable bonds is 13. The van der Waals surface area contributed by atoms with Crippen LogP contribution < -0.4 is 9.62 Å². The Morgan fingerprint density at radius 3 is 2.08 bits per heavy atom. The second kappa shape index (κ2) is 15.9. The minimum absolute atomic E-state index is 0.0307. The number of carbonyl (C=O) groups is 2. The minimum Gasteiger partial charge on any atom is -0.352 e. The van der Waals surface area contributed by atoms with Gasteiger partial charge in [-0.3, -0.25) is 24.0 Å². The van der Waals surface area contributed by atoms with Gasteiger partial charge in [0.15, 0.2) is 0 Å². The molecule has 0 spiro atoms. The van der Waals surface area contributed by atoms with Crippen molar-refractivity contribution in [3.8, 4) is 0 Å². The van der Waals surface area contributed by atoms with Crippen LogP contribution in [0.5, 0.6) is 0 Å². The van der Waals surface area contributed by atoms with Crippen LogP contribution in [0.25, 0.3) is 0 Å². The van der Waals surface area contributed by atoms with Crippen molar-refractivity contribution < 1.29 is 22.9 Å². The number of hydrogen-bond acceptors (Lipinski definition) is 6. The predicted molar refractivity (Wildman–Crippen MR) is 185 cm³/mol. The van der Waals surface area contributed by atoms with Gasteiger partial charge in [0.25, 0.3) is 15.7 Å².